The molecule has 1 saturated carbocycles. The van der Waals surface area contributed by atoms with Crippen molar-refractivity contribution in [1.29, 1.82) is 0 Å². The molecular formula is C6H7N. The molecule has 0 N–H and O–H groups in total. The minimum Gasteiger partial charge on any atom is -0.285 e. The molecule has 0 radical (unpaired) electrons. The van der Waals surface area contributed by atoms with Crippen molar-refractivity contribution in [3.63, 3.8) is 0 Å². The van der Waals surface area contributed by atoms with Gasteiger partial charge in [0.2, 0.25) is 0 Å². The van der Waals surface area contributed by atoms with Crippen LogP contribution >= 0.6 is 0 Å². The van der Waals surface area contributed by atoms with E-state index in [1.54, 1.807) is 0 Å². The SMILES string of the molecule is C1=C2CCC2=NC1. The van der Waals surface area contributed by atoms with Gasteiger partial charge in [-0.1, -0.05) is 6.08 Å². The largest absolute Gasteiger partial charge is 0.285 e. The number of rotatable bonds is 0. The Bertz CT molecular complexity index is 136. The molecule has 0 amide bonds. The summed E-state index contributed by atoms with van der Waals surface area (Å²) in [6.07, 6.45) is 4.75. The predicted octanol–water partition coefficient (Wildman–Crippen LogP) is 1.16. The maximum absolute atomic E-state index is 4.23. The quantitative estimate of drug-likeness (QED) is 0.426. The van der Waals surface area contributed by atoms with Crippen molar-refractivity contribution in [2.45, 2.75) is 12.8 Å². The zero-order valence-electron chi connectivity index (χ0n) is 4.15. The molecule has 0 unspecified atom stereocenters. The van der Waals surface area contributed by atoms with Gasteiger partial charge in [-0.05, 0) is 18.4 Å². The van der Waals surface area contributed by atoms with E-state index in [2.05, 4.69) is 11.1 Å². The number of aliphatic imine (C=N–C) groups is 1. The Kier molecular flexibility index (Phi) is 0.474. The molecule has 1 heterocycles. The summed E-state index contributed by atoms with van der Waals surface area (Å²) in [5, 5.41) is 0. The highest BCUT2D eigenvalue weighted by atomic mass is 14.8. The summed E-state index contributed by atoms with van der Waals surface area (Å²) in [7, 11) is 0. The van der Waals surface area contributed by atoms with Crippen LogP contribution in [0.3, 0.4) is 0 Å². The van der Waals surface area contributed by atoms with Gasteiger partial charge in [0.25, 0.3) is 0 Å². The highest BCUT2D eigenvalue weighted by molar-refractivity contribution is 6.07. The minimum atomic E-state index is 0.963. The first-order chi connectivity index (χ1) is 3.47. The summed E-state index contributed by atoms with van der Waals surface area (Å²) in [6, 6.07) is 0. The zero-order valence-corrected chi connectivity index (χ0v) is 4.15. The van der Waals surface area contributed by atoms with Gasteiger partial charge < -0.3 is 0 Å². The van der Waals surface area contributed by atoms with E-state index >= 15 is 0 Å². The Labute approximate surface area is 42.8 Å². The third kappa shape index (κ3) is 0.303. The van der Waals surface area contributed by atoms with Crippen LogP contribution in [0.25, 0.3) is 0 Å². The second-order valence-electron chi connectivity index (χ2n) is 2.02. The Morgan fingerprint density at radius 3 is 2.71 bits per heavy atom. The zero-order chi connectivity index (χ0) is 4.69. The van der Waals surface area contributed by atoms with E-state index in [0.717, 1.165) is 6.54 Å². The van der Waals surface area contributed by atoms with E-state index in [1.807, 2.05) is 0 Å². The lowest BCUT2D eigenvalue weighted by atomic mass is 9.91. The predicted molar refractivity (Wildman–Crippen MR) is 29.6 cm³/mol. The standard InChI is InChI=1S/C6H7N/c1-2-6-5(1)3-4-7-6/h3H,1-2,4H2. The van der Waals surface area contributed by atoms with Gasteiger partial charge in [0.05, 0.1) is 6.54 Å². The lowest BCUT2D eigenvalue weighted by Crippen LogP contribution is -2.10. The lowest BCUT2D eigenvalue weighted by molar-refractivity contribution is 0.974. The van der Waals surface area contributed by atoms with Crippen molar-refractivity contribution >= 4 is 5.71 Å². The lowest BCUT2D eigenvalue weighted by Gasteiger charge is -2.14. The van der Waals surface area contributed by atoms with Crippen LogP contribution in [0.2, 0.25) is 0 Å². The van der Waals surface area contributed by atoms with Crippen LogP contribution in [0.5, 0.6) is 0 Å². The van der Waals surface area contributed by atoms with Gasteiger partial charge in [0.1, 0.15) is 0 Å². The van der Waals surface area contributed by atoms with Crippen LogP contribution in [0.1, 0.15) is 12.8 Å². The molecule has 36 valence electrons. The van der Waals surface area contributed by atoms with Crippen LogP contribution in [0.15, 0.2) is 16.6 Å². The number of hydrogen-bond acceptors (Lipinski definition) is 1. The molecule has 0 aromatic heterocycles. The molecule has 0 saturated heterocycles. The molecule has 0 bridgehead atoms. The van der Waals surface area contributed by atoms with Crippen molar-refractivity contribution in [2.75, 3.05) is 6.54 Å². The van der Waals surface area contributed by atoms with Gasteiger partial charge in [0, 0.05) is 5.71 Å². The van der Waals surface area contributed by atoms with Gasteiger partial charge in [-0.25, -0.2) is 0 Å². The normalized spacial score (nSPS) is 25.1. The summed E-state index contributed by atoms with van der Waals surface area (Å²) in [5.41, 5.74) is 2.89. The first-order valence-electron chi connectivity index (χ1n) is 2.69. The molecule has 1 nitrogen and oxygen atoms in total. The van der Waals surface area contributed by atoms with Gasteiger partial charge >= 0.3 is 0 Å². The fraction of sp³-hybridized carbons (Fsp3) is 0.500. The van der Waals surface area contributed by atoms with Crippen molar-refractivity contribution in [3.8, 4) is 0 Å². The van der Waals surface area contributed by atoms with E-state index in [1.165, 1.54) is 24.1 Å². The van der Waals surface area contributed by atoms with Gasteiger partial charge in [0.15, 0.2) is 0 Å². The van der Waals surface area contributed by atoms with Gasteiger partial charge in [-0.2, -0.15) is 0 Å². The molecular weight excluding hydrogens is 86.1 g/mol. The molecule has 0 aromatic rings. The van der Waals surface area contributed by atoms with Gasteiger partial charge in [-0.15, -0.1) is 0 Å². The summed E-state index contributed by atoms with van der Waals surface area (Å²) < 4.78 is 0. The fourth-order valence-electron chi connectivity index (χ4n) is 1.05. The van der Waals surface area contributed by atoms with Crippen molar-refractivity contribution in [2.24, 2.45) is 4.99 Å². The van der Waals surface area contributed by atoms with Crippen molar-refractivity contribution in [3.05, 3.63) is 11.6 Å². The summed E-state index contributed by atoms with van der Waals surface area (Å²) in [4.78, 5) is 4.23. The molecule has 1 fully saturated rings. The van der Waals surface area contributed by atoms with Gasteiger partial charge in [-0.3, -0.25) is 4.99 Å². The third-order valence-corrected chi connectivity index (χ3v) is 1.62. The first kappa shape index (κ1) is 3.42. The smallest absolute Gasteiger partial charge is 0.0580 e. The number of nitrogens with zero attached hydrogens (tertiary/aromatic N) is 1. The van der Waals surface area contributed by atoms with Crippen LogP contribution in [0.4, 0.5) is 0 Å². The van der Waals surface area contributed by atoms with Crippen LogP contribution in [-0.4, -0.2) is 12.3 Å². The van der Waals surface area contributed by atoms with Crippen molar-refractivity contribution < 1.29 is 0 Å². The maximum Gasteiger partial charge on any atom is 0.0580 e. The van der Waals surface area contributed by atoms with E-state index in [0.29, 0.717) is 0 Å². The van der Waals surface area contributed by atoms with E-state index in [-0.39, 0.29) is 0 Å². The molecule has 0 atom stereocenters. The number of hydrogen-bond donors (Lipinski definition) is 0. The third-order valence-electron chi connectivity index (χ3n) is 1.62. The Morgan fingerprint density at radius 2 is 2.43 bits per heavy atom. The van der Waals surface area contributed by atoms with Crippen LogP contribution in [0, 0.1) is 0 Å². The molecule has 1 aliphatic carbocycles. The van der Waals surface area contributed by atoms with Crippen LogP contribution in [-0.2, 0) is 0 Å². The number of allylic oxidation sites excluding steroid dienone is 1. The molecule has 2 rings (SSSR count). The monoisotopic (exact) mass is 93.1 g/mol. The molecule has 1 heteroatoms. The average Bonchev–Trinajstić information content (AvgIpc) is 1.85. The van der Waals surface area contributed by atoms with Crippen LogP contribution < -0.4 is 0 Å². The molecule has 2 aliphatic rings. The summed E-state index contributed by atoms with van der Waals surface area (Å²) in [6.45, 7) is 0.963. The second-order valence-corrected chi connectivity index (χ2v) is 2.02. The molecule has 0 spiro atoms. The van der Waals surface area contributed by atoms with E-state index in [9.17, 15) is 0 Å². The highest BCUT2D eigenvalue weighted by Gasteiger charge is 2.19. The minimum absolute atomic E-state index is 0.963. The first-order valence-corrected chi connectivity index (χ1v) is 2.69. The van der Waals surface area contributed by atoms with Crippen molar-refractivity contribution in [1.82, 2.24) is 0 Å². The number of fused-ring (bicyclic) bond motifs is 1. The Morgan fingerprint density at radius 1 is 1.43 bits per heavy atom. The fourth-order valence-corrected chi connectivity index (χ4v) is 1.05. The van der Waals surface area contributed by atoms with E-state index in [4.69, 9.17) is 0 Å². The maximum atomic E-state index is 4.23. The Balaban J connectivity index is 2.42. The summed E-state index contributed by atoms with van der Waals surface area (Å²) in [5.74, 6) is 0. The molecule has 7 heavy (non-hydrogen) atoms. The Hall–Kier alpha value is -0.590. The average molecular weight is 93.1 g/mol. The topological polar surface area (TPSA) is 12.4 Å². The van der Waals surface area contributed by atoms with E-state index < -0.39 is 0 Å². The second kappa shape index (κ2) is 0.971. The molecule has 1 aliphatic heterocycles. The molecule has 0 aromatic carbocycles. The summed E-state index contributed by atoms with van der Waals surface area (Å²) >= 11 is 0. The highest BCUT2D eigenvalue weighted by Crippen LogP contribution is 2.26.